The van der Waals surface area contributed by atoms with E-state index in [-0.39, 0.29) is 0 Å². The minimum absolute atomic E-state index is 0.337. The van der Waals surface area contributed by atoms with Crippen molar-refractivity contribution < 1.29 is 0 Å². The molecule has 0 amide bonds. The van der Waals surface area contributed by atoms with Gasteiger partial charge in [-0.05, 0) is 47.8 Å². The van der Waals surface area contributed by atoms with E-state index in [2.05, 4.69) is 75.4 Å². The van der Waals surface area contributed by atoms with Gasteiger partial charge in [-0.1, -0.05) is 69.4 Å². The Morgan fingerprint density at radius 1 is 0.917 bits per heavy atom. The van der Waals surface area contributed by atoms with Gasteiger partial charge in [-0.15, -0.1) is 0 Å². The molecule has 0 bridgehead atoms. The zero-order chi connectivity index (χ0) is 17.2. The van der Waals surface area contributed by atoms with E-state index in [1.807, 2.05) is 6.08 Å². The zero-order valence-corrected chi connectivity index (χ0v) is 15.0. The normalized spacial score (nSPS) is 29.6. The van der Waals surface area contributed by atoms with Crippen LogP contribution in [0.25, 0.3) is 0 Å². The van der Waals surface area contributed by atoms with Gasteiger partial charge in [0.1, 0.15) is 0 Å². The summed E-state index contributed by atoms with van der Waals surface area (Å²) in [5, 5.41) is 8.97. The molecule has 3 atom stereocenters. The van der Waals surface area contributed by atoms with Crippen LogP contribution in [-0.2, 0) is 0 Å². The topological polar surface area (TPSA) is 23.8 Å². The van der Waals surface area contributed by atoms with Gasteiger partial charge in [0.15, 0.2) is 0 Å². The highest BCUT2D eigenvalue weighted by molar-refractivity contribution is 5.42. The lowest BCUT2D eigenvalue weighted by Gasteiger charge is -2.31. The first-order valence-electron chi connectivity index (χ1n) is 9.02. The Kier molecular flexibility index (Phi) is 4.76. The Morgan fingerprint density at radius 3 is 2.33 bits per heavy atom. The molecule has 0 radical (unpaired) electrons. The predicted molar refractivity (Wildman–Crippen MR) is 101 cm³/mol. The average Bonchev–Trinajstić information content (AvgIpc) is 2.61. The number of rotatable bonds is 2. The van der Waals surface area contributed by atoms with Crippen molar-refractivity contribution in [2.75, 3.05) is 0 Å². The standard InChI is InChI=1S/C23H27N/c1-23(2,3)22-13-11-19(12-14-22)21-6-4-5-20(15-21)18-9-7-17(16-24)8-10-18/h4-5,7-9,11-13,15,18,21-22H,6,10,14H2,1-3H3. The van der Waals surface area contributed by atoms with Crippen molar-refractivity contribution >= 4 is 0 Å². The van der Waals surface area contributed by atoms with Crippen LogP contribution < -0.4 is 0 Å². The smallest absolute Gasteiger partial charge is 0.0988 e. The molecule has 0 heterocycles. The summed E-state index contributed by atoms with van der Waals surface area (Å²) in [5.41, 5.74) is 3.98. The van der Waals surface area contributed by atoms with E-state index in [4.69, 9.17) is 5.26 Å². The molecule has 0 fully saturated rings. The molecule has 0 aromatic heterocycles. The van der Waals surface area contributed by atoms with E-state index in [0.717, 1.165) is 24.8 Å². The van der Waals surface area contributed by atoms with Gasteiger partial charge in [-0.3, -0.25) is 0 Å². The molecule has 3 unspecified atom stereocenters. The lowest BCUT2D eigenvalue weighted by Crippen LogP contribution is -2.20. The van der Waals surface area contributed by atoms with Gasteiger partial charge in [0.25, 0.3) is 0 Å². The SMILES string of the molecule is CC(C)(C)C1C=CC(C2C=C(C3C=CC(C#N)=CC3)C=CC2)=CC1. The third-order valence-corrected chi connectivity index (χ3v) is 5.42. The van der Waals surface area contributed by atoms with Crippen LogP contribution in [0.5, 0.6) is 0 Å². The van der Waals surface area contributed by atoms with Gasteiger partial charge in [0.2, 0.25) is 0 Å². The summed E-state index contributed by atoms with van der Waals surface area (Å²) in [6, 6.07) is 2.22. The number of allylic oxidation sites excluding steroid dienone is 12. The van der Waals surface area contributed by atoms with Gasteiger partial charge >= 0.3 is 0 Å². The van der Waals surface area contributed by atoms with Crippen molar-refractivity contribution in [1.82, 2.24) is 0 Å². The van der Waals surface area contributed by atoms with Crippen LogP contribution in [0, 0.1) is 34.5 Å². The molecule has 0 N–H and O–H groups in total. The highest BCUT2D eigenvalue weighted by Gasteiger charge is 2.25. The molecule has 3 aliphatic carbocycles. The third-order valence-electron chi connectivity index (χ3n) is 5.42. The Hall–Kier alpha value is -2.07. The van der Waals surface area contributed by atoms with Crippen molar-refractivity contribution in [2.45, 2.75) is 40.0 Å². The first kappa shape index (κ1) is 16.8. The Balaban J connectivity index is 1.70. The molecule has 124 valence electrons. The van der Waals surface area contributed by atoms with Gasteiger partial charge in [0, 0.05) is 17.4 Å². The maximum Gasteiger partial charge on any atom is 0.0988 e. The van der Waals surface area contributed by atoms with Crippen LogP contribution in [0.4, 0.5) is 0 Å². The van der Waals surface area contributed by atoms with E-state index in [0.29, 0.717) is 23.2 Å². The molecule has 24 heavy (non-hydrogen) atoms. The van der Waals surface area contributed by atoms with Gasteiger partial charge in [-0.25, -0.2) is 0 Å². The van der Waals surface area contributed by atoms with Crippen molar-refractivity contribution in [3.05, 3.63) is 71.4 Å². The number of nitriles is 1. The van der Waals surface area contributed by atoms with E-state index in [1.54, 1.807) is 0 Å². The number of hydrogen-bond donors (Lipinski definition) is 0. The van der Waals surface area contributed by atoms with Crippen LogP contribution in [0.3, 0.4) is 0 Å². The summed E-state index contributed by atoms with van der Waals surface area (Å²) >= 11 is 0. The lowest BCUT2D eigenvalue weighted by atomic mass is 9.74. The van der Waals surface area contributed by atoms with Crippen LogP contribution in [-0.4, -0.2) is 0 Å². The van der Waals surface area contributed by atoms with E-state index in [9.17, 15) is 0 Å². The highest BCUT2D eigenvalue weighted by atomic mass is 14.3. The summed E-state index contributed by atoms with van der Waals surface area (Å²) in [7, 11) is 0. The molecule has 0 spiro atoms. The molecule has 3 rings (SSSR count). The minimum atomic E-state index is 0.337. The Labute approximate surface area is 146 Å². The zero-order valence-electron chi connectivity index (χ0n) is 15.0. The predicted octanol–water partition coefficient (Wildman–Crippen LogP) is 6.06. The Morgan fingerprint density at radius 2 is 1.75 bits per heavy atom. The summed E-state index contributed by atoms with van der Waals surface area (Å²) < 4.78 is 0. The summed E-state index contributed by atoms with van der Waals surface area (Å²) in [6.07, 6.45) is 23.6. The molecule has 0 aromatic carbocycles. The van der Waals surface area contributed by atoms with Crippen molar-refractivity contribution in [3.8, 4) is 6.07 Å². The maximum absolute atomic E-state index is 8.97. The highest BCUT2D eigenvalue weighted by Crippen LogP contribution is 2.37. The van der Waals surface area contributed by atoms with Gasteiger partial charge in [-0.2, -0.15) is 5.26 Å². The second-order valence-electron chi connectivity index (χ2n) is 8.16. The van der Waals surface area contributed by atoms with Crippen LogP contribution in [0.2, 0.25) is 0 Å². The quantitative estimate of drug-likeness (QED) is 0.607. The fourth-order valence-corrected chi connectivity index (χ4v) is 3.69. The molecule has 1 nitrogen and oxygen atoms in total. The number of hydrogen-bond acceptors (Lipinski definition) is 1. The fourth-order valence-electron chi connectivity index (χ4n) is 3.69. The van der Waals surface area contributed by atoms with Gasteiger partial charge in [0.05, 0.1) is 6.07 Å². The lowest BCUT2D eigenvalue weighted by molar-refractivity contribution is 0.292. The second kappa shape index (κ2) is 6.81. The van der Waals surface area contributed by atoms with Crippen molar-refractivity contribution in [3.63, 3.8) is 0 Å². The third kappa shape index (κ3) is 3.70. The summed E-state index contributed by atoms with van der Waals surface area (Å²) in [4.78, 5) is 0. The van der Waals surface area contributed by atoms with Crippen molar-refractivity contribution in [1.29, 1.82) is 5.26 Å². The molecule has 1 heteroatoms. The number of nitrogens with zero attached hydrogens (tertiary/aromatic N) is 1. The van der Waals surface area contributed by atoms with E-state index < -0.39 is 0 Å². The average molecular weight is 317 g/mol. The first-order valence-corrected chi connectivity index (χ1v) is 9.02. The van der Waals surface area contributed by atoms with Crippen molar-refractivity contribution in [2.24, 2.45) is 23.2 Å². The maximum atomic E-state index is 8.97. The van der Waals surface area contributed by atoms with E-state index in [1.165, 1.54) is 11.1 Å². The first-order chi connectivity index (χ1) is 11.5. The molecular formula is C23H27N. The molecule has 0 aromatic rings. The van der Waals surface area contributed by atoms with Crippen LogP contribution >= 0.6 is 0 Å². The second-order valence-corrected chi connectivity index (χ2v) is 8.16. The largest absolute Gasteiger partial charge is 0.192 e. The summed E-state index contributed by atoms with van der Waals surface area (Å²) in [6.45, 7) is 6.96. The van der Waals surface area contributed by atoms with E-state index >= 15 is 0 Å². The fraction of sp³-hybridized carbons (Fsp3) is 0.435. The molecule has 0 saturated carbocycles. The van der Waals surface area contributed by atoms with Gasteiger partial charge < -0.3 is 0 Å². The van der Waals surface area contributed by atoms with Crippen LogP contribution in [0.15, 0.2) is 71.4 Å². The Bertz CT molecular complexity index is 710. The summed E-state index contributed by atoms with van der Waals surface area (Å²) in [5.74, 6) is 1.55. The molecule has 3 aliphatic rings. The molecule has 0 aliphatic heterocycles. The molecule has 0 saturated heterocycles. The molecular weight excluding hydrogens is 290 g/mol. The minimum Gasteiger partial charge on any atom is -0.192 e. The van der Waals surface area contributed by atoms with Crippen LogP contribution in [0.1, 0.15) is 40.0 Å². The monoisotopic (exact) mass is 317 g/mol.